The molecule has 31 heavy (non-hydrogen) atoms. The van der Waals surface area contributed by atoms with Crippen molar-refractivity contribution in [3.05, 3.63) is 63.8 Å². The molecule has 164 valence electrons. The molecular weight excluding hydrogens is 412 g/mol. The Morgan fingerprint density at radius 2 is 1.97 bits per heavy atom. The Hall–Kier alpha value is -2.05. The first-order valence-corrected chi connectivity index (χ1v) is 11.4. The minimum atomic E-state index is -0.562. The molecule has 5 rings (SSSR count). The predicted molar refractivity (Wildman–Crippen MR) is 123 cm³/mol. The Morgan fingerprint density at radius 1 is 1.23 bits per heavy atom. The lowest BCUT2D eigenvalue weighted by Crippen LogP contribution is -2.51. The van der Waals surface area contributed by atoms with Crippen LogP contribution >= 0.6 is 11.6 Å². The zero-order valence-electron chi connectivity index (χ0n) is 18.0. The third kappa shape index (κ3) is 3.74. The number of H-pyrrole nitrogens is 1. The number of nitrogens with zero attached hydrogens (tertiary/aromatic N) is 1. The molecule has 2 aliphatic heterocycles. The van der Waals surface area contributed by atoms with Gasteiger partial charge >= 0.3 is 0 Å². The molecule has 0 aliphatic carbocycles. The topological polar surface area (TPSA) is 68.7 Å². The van der Waals surface area contributed by atoms with Gasteiger partial charge in [0.2, 0.25) is 0 Å². The van der Waals surface area contributed by atoms with E-state index in [0.717, 1.165) is 65.0 Å². The van der Waals surface area contributed by atoms with Gasteiger partial charge in [-0.2, -0.15) is 0 Å². The van der Waals surface area contributed by atoms with Crippen molar-refractivity contribution in [3.8, 4) is 5.75 Å². The fourth-order valence-corrected chi connectivity index (χ4v) is 5.44. The van der Waals surface area contributed by atoms with Gasteiger partial charge in [0, 0.05) is 58.8 Å². The number of aliphatic hydroxyl groups is 2. The van der Waals surface area contributed by atoms with Crippen LogP contribution in [0.4, 0.5) is 0 Å². The summed E-state index contributed by atoms with van der Waals surface area (Å²) in [6, 6.07) is 11.9. The Bertz CT molecular complexity index is 1120. The monoisotopic (exact) mass is 440 g/mol. The van der Waals surface area contributed by atoms with Crippen LogP contribution in [0, 0.1) is 13.8 Å². The van der Waals surface area contributed by atoms with Crippen LogP contribution < -0.4 is 4.74 Å². The predicted octanol–water partition coefficient (Wildman–Crippen LogP) is 4.82. The van der Waals surface area contributed by atoms with Gasteiger partial charge in [0.25, 0.3) is 0 Å². The molecule has 3 aromatic rings. The van der Waals surface area contributed by atoms with Crippen molar-refractivity contribution in [1.82, 2.24) is 9.88 Å². The fraction of sp³-hybridized carbons (Fsp3) is 0.440. The first kappa shape index (κ1) is 20.8. The summed E-state index contributed by atoms with van der Waals surface area (Å²) in [6.45, 7) is 6.22. The summed E-state index contributed by atoms with van der Waals surface area (Å²) >= 11 is 6.25. The second kappa shape index (κ2) is 7.82. The molecule has 2 aliphatic rings. The Morgan fingerprint density at radius 3 is 2.74 bits per heavy atom. The standard InChI is InChI=1S/C25H29ClN2O3/c1-15-11-23-18(12-19(15)26)21(29)13-25(31-23)7-9-28(10-8-25)14-22(30)24-16(2)27-20-6-4-3-5-17(20)24/h3-6,11-12,21-22,27,29-30H,7-10,13-14H2,1-2H3. The molecule has 2 aromatic carbocycles. The Labute approximate surface area is 187 Å². The number of aliphatic hydroxyl groups excluding tert-OH is 2. The first-order chi connectivity index (χ1) is 14.8. The summed E-state index contributed by atoms with van der Waals surface area (Å²) in [5.41, 5.74) is 4.46. The summed E-state index contributed by atoms with van der Waals surface area (Å²) in [6.07, 6.45) is 1.12. The third-order valence-electron chi connectivity index (χ3n) is 7.02. The van der Waals surface area contributed by atoms with Gasteiger partial charge in [-0.05, 0) is 50.5 Å². The van der Waals surface area contributed by atoms with E-state index in [4.69, 9.17) is 16.3 Å². The number of para-hydroxylation sites is 1. The van der Waals surface area contributed by atoms with E-state index in [-0.39, 0.29) is 5.60 Å². The van der Waals surface area contributed by atoms with E-state index in [9.17, 15) is 10.2 Å². The fourth-order valence-electron chi connectivity index (χ4n) is 5.27. The number of halogens is 1. The molecule has 1 saturated heterocycles. The maximum atomic E-state index is 11.0. The molecule has 2 unspecified atom stereocenters. The largest absolute Gasteiger partial charge is 0.487 e. The van der Waals surface area contributed by atoms with Crippen LogP contribution in [0.15, 0.2) is 36.4 Å². The highest BCUT2D eigenvalue weighted by Gasteiger charge is 2.43. The molecule has 0 amide bonds. The molecule has 6 heteroatoms. The number of aromatic amines is 1. The Balaban J connectivity index is 1.28. The molecule has 1 aromatic heterocycles. The molecular formula is C25H29ClN2O3. The average Bonchev–Trinajstić information content (AvgIpc) is 3.07. The van der Waals surface area contributed by atoms with Gasteiger partial charge in [-0.25, -0.2) is 0 Å². The molecule has 3 N–H and O–H groups in total. The number of hydrogen-bond acceptors (Lipinski definition) is 4. The van der Waals surface area contributed by atoms with E-state index in [1.807, 2.05) is 44.2 Å². The molecule has 1 spiro atoms. The van der Waals surface area contributed by atoms with Gasteiger partial charge in [0.05, 0.1) is 12.2 Å². The van der Waals surface area contributed by atoms with E-state index < -0.39 is 12.2 Å². The molecule has 5 nitrogen and oxygen atoms in total. The van der Waals surface area contributed by atoms with E-state index in [1.54, 1.807) is 0 Å². The number of fused-ring (bicyclic) bond motifs is 2. The third-order valence-corrected chi connectivity index (χ3v) is 7.42. The summed E-state index contributed by atoms with van der Waals surface area (Å²) in [5, 5.41) is 23.5. The van der Waals surface area contributed by atoms with Crippen LogP contribution in [0.3, 0.4) is 0 Å². The smallest absolute Gasteiger partial charge is 0.126 e. The molecule has 3 heterocycles. The van der Waals surface area contributed by atoms with Crippen LogP contribution in [-0.2, 0) is 0 Å². The highest BCUT2D eigenvalue weighted by atomic mass is 35.5. The van der Waals surface area contributed by atoms with Crippen molar-refractivity contribution in [2.24, 2.45) is 0 Å². The number of β-amino-alcohol motifs (C(OH)–C–C–N with tert-alkyl or cyclic N) is 1. The number of piperidine rings is 1. The number of nitrogens with one attached hydrogen (secondary N) is 1. The number of ether oxygens (including phenoxy) is 1. The molecule has 0 saturated carbocycles. The SMILES string of the molecule is Cc1cc2c(cc1Cl)C(O)CC1(CCN(CC(O)c3c(C)[nH]c4ccccc34)CC1)O2. The van der Waals surface area contributed by atoms with Crippen LogP contribution in [0.2, 0.25) is 5.02 Å². The lowest BCUT2D eigenvalue weighted by Gasteiger charge is -2.46. The second-order valence-electron chi connectivity index (χ2n) is 9.17. The van der Waals surface area contributed by atoms with E-state index in [1.165, 1.54) is 0 Å². The molecule has 1 fully saturated rings. The van der Waals surface area contributed by atoms with Gasteiger partial charge in [-0.3, -0.25) is 0 Å². The van der Waals surface area contributed by atoms with E-state index >= 15 is 0 Å². The zero-order chi connectivity index (χ0) is 21.8. The average molecular weight is 441 g/mol. The molecule has 0 radical (unpaired) electrons. The van der Waals surface area contributed by atoms with Gasteiger partial charge < -0.3 is 24.8 Å². The zero-order valence-corrected chi connectivity index (χ0v) is 18.7. The summed E-state index contributed by atoms with van der Waals surface area (Å²) in [5.74, 6) is 0.753. The maximum Gasteiger partial charge on any atom is 0.126 e. The normalized spacial score (nSPS) is 21.8. The molecule has 2 atom stereocenters. The van der Waals surface area contributed by atoms with Crippen LogP contribution in [-0.4, -0.2) is 45.3 Å². The van der Waals surface area contributed by atoms with Gasteiger partial charge in [0.1, 0.15) is 11.4 Å². The lowest BCUT2D eigenvalue weighted by molar-refractivity contribution is -0.0587. The van der Waals surface area contributed by atoms with Gasteiger partial charge in [0.15, 0.2) is 0 Å². The van der Waals surface area contributed by atoms with Crippen LogP contribution in [0.5, 0.6) is 5.75 Å². The summed E-state index contributed by atoms with van der Waals surface area (Å²) in [4.78, 5) is 5.68. The van der Waals surface area contributed by atoms with Crippen LogP contribution in [0.25, 0.3) is 10.9 Å². The highest BCUT2D eigenvalue weighted by Crippen LogP contribution is 2.46. The minimum Gasteiger partial charge on any atom is -0.487 e. The Kier molecular flexibility index (Phi) is 5.25. The van der Waals surface area contributed by atoms with Crippen molar-refractivity contribution in [1.29, 1.82) is 0 Å². The number of hydrogen-bond donors (Lipinski definition) is 3. The molecule has 0 bridgehead atoms. The summed E-state index contributed by atoms with van der Waals surface area (Å²) < 4.78 is 6.46. The summed E-state index contributed by atoms with van der Waals surface area (Å²) in [7, 11) is 0. The minimum absolute atomic E-state index is 0.356. The van der Waals surface area contributed by atoms with E-state index in [0.29, 0.717) is 18.0 Å². The van der Waals surface area contributed by atoms with Crippen molar-refractivity contribution < 1.29 is 14.9 Å². The maximum absolute atomic E-state index is 11.0. The number of aryl methyl sites for hydroxylation is 2. The van der Waals surface area contributed by atoms with E-state index in [2.05, 4.69) is 16.0 Å². The first-order valence-electron chi connectivity index (χ1n) is 11.0. The van der Waals surface area contributed by atoms with Crippen LogP contribution in [0.1, 0.15) is 53.9 Å². The van der Waals surface area contributed by atoms with Crippen molar-refractivity contribution in [3.63, 3.8) is 0 Å². The van der Waals surface area contributed by atoms with Crippen molar-refractivity contribution in [2.45, 2.75) is 50.9 Å². The van der Waals surface area contributed by atoms with Crippen molar-refractivity contribution >= 4 is 22.5 Å². The highest BCUT2D eigenvalue weighted by molar-refractivity contribution is 6.31. The van der Waals surface area contributed by atoms with Gasteiger partial charge in [-0.15, -0.1) is 0 Å². The second-order valence-corrected chi connectivity index (χ2v) is 9.58. The number of benzene rings is 2. The number of aromatic nitrogens is 1. The number of likely N-dealkylation sites (tertiary alicyclic amines) is 1. The van der Waals surface area contributed by atoms with Crippen molar-refractivity contribution in [2.75, 3.05) is 19.6 Å². The number of rotatable bonds is 3. The lowest BCUT2D eigenvalue weighted by atomic mass is 9.81. The quantitative estimate of drug-likeness (QED) is 0.546. The van der Waals surface area contributed by atoms with Gasteiger partial charge in [-0.1, -0.05) is 29.8 Å².